The summed E-state index contributed by atoms with van der Waals surface area (Å²) in [5, 5.41) is 8.91. The Morgan fingerprint density at radius 3 is 2.88 bits per heavy atom. The Labute approximate surface area is 92.9 Å². The monoisotopic (exact) mass is 221 g/mol. The number of furan rings is 1. The van der Waals surface area contributed by atoms with Crippen LogP contribution < -0.4 is 0 Å². The van der Waals surface area contributed by atoms with E-state index in [0.29, 0.717) is 12.0 Å². The molecule has 1 aromatic heterocycles. The zero-order valence-corrected chi connectivity index (χ0v) is 9.02. The maximum atomic E-state index is 10.8. The number of hydrogen-bond donors (Lipinski definition) is 0. The lowest BCUT2D eigenvalue weighted by Crippen LogP contribution is -2.04. The lowest BCUT2D eigenvalue weighted by atomic mass is 10.1. The quantitative estimate of drug-likeness (QED) is 0.445. The first-order valence-corrected chi connectivity index (χ1v) is 4.54. The van der Waals surface area contributed by atoms with Gasteiger partial charge >= 0.3 is 6.16 Å². The van der Waals surface area contributed by atoms with Crippen molar-refractivity contribution in [2.45, 2.75) is 13.3 Å². The van der Waals surface area contributed by atoms with Gasteiger partial charge in [-0.25, -0.2) is 4.79 Å². The summed E-state index contributed by atoms with van der Waals surface area (Å²) >= 11 is 0. The molecule has 0 bridgehead atoms. The average molecular weight is 221 g/mol. The van der Waals surface area contributed by atoms with Crippen molar-refractivity contribution in [2.24, 2.45) is 0 Å². The summed E-state index contributed by atoms with van der Waals surface area (Å²) in [4.78, 5) is 10.8. The SMILES string of the molecule is COC(=O)O/C(C)=C(/C#N)Cc1ccoc1. The number of allylic oxidation sites excluding steroid dienone is 2. The molecule has 5 heteroatoms. The number of carbonyl (C=O) groups is 1. The third-order valence-electron chi connectivity index (χ3n) is 1.92. The Bertz CT molecular complexity index is 425. The first-order valence-electron chi connectivity index (χ1n) is 4.54. The van der Waals surface area contributed by atoms with E-state index in [9.17, 15) is 4.79 Å². The van der Waals surface area contributed by atoms with Gasteiger partial charge in [0.2, 0.25) is 0 Å². The Balaban J connectivity index is 2.76. The Hall–Kier alpha value is -2.22. The normalized spacial score (nSPS) is 11.3. The van der Waals surface area contributed by atoms with Crippen LogP contribution in [0.3, 0.4) is 0 Å². The lowest BCUT2D eigenvalue weighted by molar-refractivity contribution is 0.0968. The summed E-state index contributed by atoms with van der Waals surface area (Å²) in [5.41, 5.74) is 1.19. The minimum absolute atomic E-state index is 0.232. The second-order valence-corrected chi connectivity index (χ2v) is 3.01. The highest BCUT2D eigenvalue weighted by atomic mass is 16.7. The van der Waals surface area contributed by atoms with Gasteiger partial charge in [0, 0.05) is 6.42 Å². The van der Waals surface area contributed by atoms with Crippen LogP contribution in [-0.4, -0.2) is 13.3 Å². The van der Waals surface area contributed by atoms with Gasteiger partial charge < -0.3 is 13.9 Å². The molecule has 0 aliphatic carbocycles. The molecule has 0 spiro atoms. The van der Waals surface area contributed by atoms with E-state index in [1.807, 2.05) is 6.07 Å². The fraction of sp³-hybridized carbons (Fsp3) is 0.273. The van der Waals surface area contributed by atoms with Crippen molar-refractivity contribution >= 4 is 6.16 Å². The fourth-order valence-electron chi connectivity index (χ4n) is 1.07. The van der Waals surface area contributed by atoms with E-state index in [1.165, 1.54) is 26.6 Å². The molecule has 0 amide bonds. The molecule has 0 fully saturated rings. The molecule has 0 radical (unpaired) electrons. The van der Waals surface area contributed by atoms with Gasteiger partial charge in [-0.3, -0.25) is 0 Å². The van der Waals surface area contributed by atoms with Crippen LogP contribution in [0.1, 0.15) is 12.5 Å². The molecule has 0 unspecified atom stereocenters. The number of ether oxygens (including phenoxy) is 2. The highest BCUT2D eigenvalue weighted by Crippen LogP contribution is 2.13. The summed E-state index contributed by atoms with van der Waals surface area (Å²) in [6.45, 7) is 1.54. The summed E-state index contributed by atoms with van der Waals surface area (Å²) in [5.74, 6) is 0.232. The number of carbonyl (C=O) groups excluding carboxylic acids is 1. The molecular formula is C11H11NO4. The van der Waals surface area contributed by atoms with Crippen LogP contribution >= 0.6 is 0 Å². The van der Waals surface area contributed by atoms with Gasteiger partial charge in [-0.05, 0) is 18.6 Å². The van der Waals surface area contributed by atoms with Gasteiger partial charge in [-0.15, -0.1) is 0 Å². The molecule has 16 heavy (non-hydrogen) atoms. The second-order valence-electron chi connectivity index (χ2n) is 3.01. The van der Waals surface area contributed by atoms with Crippen molar-refractivity contribution < 1.29 is 18.7 Å². The largest absolute Gasteiger partial charge is 0.513 e. The van der Waals surface area contributed by atoms with Gasteiger partial charge in [0.25, 0.3) is 0 Å². The van der Waals surface area contributed by atoms with Crippen molar-refractivity contribution in [3.05, 3.63) is 35.5 Å². The second kappa shape index (κ2) is 5.61. The minimum Gasteiger partial charge on any atom is -0.472 e. The fourth-order valence-corrected chi connectivity index (χ4v) is 1.07. The molecule has 1 rings (SSSR count). The molecular weight excluding hydrogens is 210 g/mol. The molecule has 0 saturated heterocycles. The van der Waals surface area contributed by atoms with Gasteiger partial charge in [0.1, 0.15) is 5.76 Å². The molecule has 0 aliphatic rings. The van der Waals surface area contributed by atoms with Gasteiger partial charge in [-0.2, -0.15) is 5.26 Å². The zero-order chi connectivity index (χ0) is 12.0. The number of nitriles is 1. The molecule has 1 heterocycles. The number of rotatable bonds is 3. The molecule has 0 atom stereocenters. The zero-order valence-electron chi connectivity index (χ0n) is 9.02. The minimum atomic E-state index is -0.836. The third kappa shape index (κ3) is 3.17. The molecule has 0 N–H and O–H groups in total. The summed E-state index contributed by atoms with van der Waals surface area (Å²) in [6.07, 6.45) is 2.57. The summed E-state index contributed by atoms with van der Waals surface area (Å²) in [6, 6.07) is 3.71. The number of hydrogen-bond acceptors (Lipinski definition) is 5. The summed E-state index contributed by atoms with van der Waals surface area (Å²) in [7, 11) is 1.21. The topological polar surface area (TPSA) is 72.5 Å². The van der Waals surface area contributed by atoms with Crippen molar-refractivity contribution in [1.29, 1.82) is 5.26 Å². The highest BCUT2D eigenvalue weighted by Gasteiger charge is 2.10. The standard InChI is InChI=1S/C11H11NO4/c1-8(16-11(13)14-2)10(6-12)5-9-3-4-15-7-9/h3-4,7H,5H2,1-2H3/b10-8+. The molecule has 0 aromatic carbocycles. The van der Waals surface area contributed by atoms with Crippen LogP contribution in [0.5, 0.6) is 0 Å². The number of nitrogens with zero attached hydrogens (tertiary/aromatic N) is 1. The first kappa shape index (κ1) is 11.9. The molecule has 5 nitrogen and oxygen atoms in total. The van der Waals surface area contributed by atoms with Crippen molar-refractivity contribution in [2.75, 3.05) is 7.11 Å². The maximum Gasteiger partial charge on any atom is 0.513 e. The third-order valence-corrected chi connectivity index (χ3v) is 1.92. The molecule has 84 valence electrons. The van der Waals surface area contributed by atoms with E-state index in [1.54, 1.807) is 6.07 Å². The predicted octanol–water partition coefficient (Wildman–Crippen LogP) is 2.40. The smallest absolute Gasteiger partial charge is 0.472 e. The summed E-state index contributed by atoms with van der Waals surface area (Å²) < 4.78 is 14.0. The Morgan fingerprint density at radius 2 is 2.38 bits per heavy atom. The van der Waals surface area contributed by atoms with E-state index in [-0.39, 0.29) is 5.76 Å². The van der Waals surface area contributed by atoms with Gasteiger partial charge in [-0.1, -0.05) is 0 Å². The van der Waals surface area contributed by atoms with Gasteiger partial charge in [0.15, 0.2) is 0 Å². The van der Waals surface area contributed by atoms with Crippen LogP contribution in [0.4, 0.5) is 4.79 Å². The van der Waals surface area contributed by atoms with E-state index >= 15 is 0 Å². The van der Waals surface area contributed by atoms with Crippen molar-refractivity contribution in [1.82, 2.24) is 0 Å². The van der Waals surface area contributed by atoms with E-state index < -0.39 is 6.16 Å². The highest BCUT2D eigenvalue weighted by molar-refractivity contribution is 5.61. The van der Waals surface area contributed by atoms with E-state index in [2.05, 4.69) is 4.74 Å². The first-order chi connectivity index (χ1) is 7.67. The maximum absolute atomic E-state index is 10.8. The van der Waals surface area contributed by atoms with Crippen LogP contribution in [0, 0.1) is 11.3 Å². The van der Waals surface area contributed by atoms with Crippen LogP contribution in [0.2, 0.25) is 0 Å². The van der Waals surface area contributed by atoms with Crippen molar-refractivity contribution in [3.63, 3.8) is 0 Å². The van der Waals surface area contributed by atoms with Gasteiger partial charge in [0.05, 0.1) is 31.3 Å². The van der Waals surface area contributed by atoms with Crippen molar-refractivity contribution in [3.8, 4) is 6.07 Å². The molecule has 1 aromatic rings. The Morgan fingerprint density at radius 1 is 1.62 bits per heavy atom. The molecule has 0 saturated carbocycles. The lowest BCUT2D eigenvalue weighted by Gasteiger charge is -2.04. The molecule has 0 aliphatic heterocycles. The van der Waals surface area contributed by atoms with Crippen LogP contribution in [0.25, 0.3) is 0 Å². The van der Waals surface area contributed by atoms with E-state index in [4.69, 9.17) is 14.4 Å². The Kier molecular flexibility index (Phi) is 4.16. The predicted molar refractivity (Wildman–Crippen MR) is 54.2 cm³/mol. The van der Waals surface area contributed by atoms with Crippen LogP contribution in [0.15, 0.2) is 34.3 Å². The van der Waals surface area contributed by atoms with E-state index in [0.717, 1.165) is 5.56 Å². The average Bonchev–Trinajstić information content (AvgIpc) is 2.78. The van der Waals surface area contributed by atoms with Crippen LogP contribution in [-0.2, 0) is 15.9 Å². The number of methoxy groups -OCH3 is 1.